The molecule has 2 bridgehead atoms. The fraction of sp³-hybridized carbons (Fsp3) is 0.550. The van der Waals surface area contributed by atoms with Gasteiger partial charge in [0.1, 0.15) is 11.2 Å². The molecule has 1 fully saturated rings. The van der Waals surface area contributed by atoms with Crippen LogP contribution in [-0.4, -0.2) is 61.3 Å². The zero-order chi connectivity index (χ0) is 19.7. The van der Waals surface area contributed by atoms with Crippen LogP contribution < -0.4 is 0 Å². The van der Waals surface area contributed by atoms with Gasteiger partial charge in [-0.3, -0.25) is 4.79 Å². The lowest BCUT2D eigenvalue weighted by atomic mass is 9.82. The molecule has 7 nitrogen and oxygen atoms in total. The van der Waals surface area contributed by atoms with Crippen LogP contribution in [0.25, 0.3) is 0 Å². The number of rotatable bonds is 6. The van der Waals surface area contributed by atoms with Crippen LogP contribution in [-0.2, 0) is 28.6 Å². The molecule has 0 saturated carbocycles. The number of likely N-dealkylation sites (tertiary alicyclic amines) is 1. The molecule has 0 radical (unpaired) electrons. The van der Waals surface area contributed by atoms with E-state index in [0.29, 0.717) is 12.8 Å². The van der Waals surface area contributed by atoms with Gasteiger partial charge in [-0.15, -0.1) is 0 Å². The topological polar surface area (TPSA) is 82.1 Å². The lowest BCUT2D eigenvalue weighted by Crippen LogP contribution is -2.30. The third kappa shape index (κ3) is 3.32. The summed E-state index contributed by atoms with van der Waals surface area (Å²) in [6.07, 6.45) is 10.1. The summed E-state index contributed by atoms with van der Waals surface area (Å²) in [5, 5.41) is 0. The molecule has 1 amide bonds. The van der Waals surface area contributed by atoms with Gasteiger partial charge >= 0.3 is 11.9 Å². The number of esters is 2. The van der Waals surface area contributed by atoms with Crippen molar-refractivity contribution in [3.05, 3.63) is 35.5 Å². The minimum atomic E-state index is -1.18. The first-order valence-corrected chi connectivity index (χ1v) is 9.15. The van der Waals surface area contributed by atoms with Crippen LogP contribution in [0.4, 0.5) is 0 Å². The Morgan fingerprint density at radius 3 is 2.37 bits per heavy atom. The highest BCUT2D eigenvalue weighted by Gasteiger charge is 2.59. The van der Waals surface area contributed by atoms with E-state index in [9.17, 15) is 14.4 Å². The van der Waals surface area contributed by atoms with E-state index < -0.39 is 23.1 Å². The zero-order valence-corrected chi connectivity index (χ0v) is 15.9. The molecule has 0 spiro atoms. The molecule has 3 rings (SSSR count). The van der Waals surface area contributed by atoms with Gasteiger partial charge in [0, 0.05) is 19.5 Å². The molecular formula is C20H25NO6. The van der Waals surface area contributed by atoms with Gasteiger partial charge in [-0.05, 0) is 44.4 Å². The van der Waals surface area contributed by atoms with E-state index in [-0.39, 0.29) is 17.1 Å². The first-order chi connectivity index (χ1) is 12.9. The van der Waals surface area contributed by atoms with E-state index in [4.69, 9.17) is 14.2 Å². The summed E-state index contributed by atoms with van der Waals surface area (Å²) in [5.74, 6) is -1.13. The highest BCUT2D eigenvalue weighted by Crippen LogP contribution is 2.51. The number of hydrogen-bond donors (Lipinski definition) is 0. The summed E-state index contributed by atoms with van der Waals surface area (Å²) < 4.78 is 15.8. The quantitative estimate of drug-likeness (QED) is 0.519. The highest BCUT2D eigenvalue weighted by atomic mass is 16.6. The van der Waals surface area contributed by atoms with Gasteiger partial charge in [-0.1, -0.05) is 6.08 Å². The summed E-state index contributed by atoms with van der Waals surface area (Å²) in [7, 11) is 2.52. The minimum Gasteiger partial charge on any atom is -0.466 e. The van der Waals surface area contributed by atoms with E-state index in [0.717, 1.165) is 25.9 Å². The van der Waals surface area contributed by atoms with Crippen molar-refractivity contribution < 1.29 is 28.6 Å². The summed E-state index contributed by atoms with van der Waals surface area (Å²) in [5.41, 5.74) is -1.95. The van der Waals surface area contributed by atoms with Crippen LogP contribution in [0.3, 0.4) is 0 Å². The molecule has 0 N–H and O–H groups in total. The molecule has 0 aromatic heterocycles. The van der Waals surface area contributed by atoms with Crippen molar-refractivity contribution in [3.63, 3.8) is 0 Å². The second-order valence-electron chi connectivity index (χ2n) is 7.10. The summed E-state index contributed by atoms with van der Waals surface area (Å²) in [6, 6.07) is 0. The largest absolute Gasteiger partial charge is 0.466 e. The molecular weight excluding hydrogens is 350 g/mol. The number of nitrogens with zero attached hydrogens (tertiary/aromatic N) is 1. The maximum Gasteiger partial charge on any atom is 0.338 e. The first kappa shape index (κ1) is 19.4. The third-order valence-electron chi connectivity index (χ3n) is 5.30. The second kappa shape index (κ2) is 7.31. The van der Waals surface area contributed by atoms with E-state index in [1.165, 1.54) is 14.2 Å². The third-order valence-corrected chi connectivity index (χ3v) is 5.30. The Kier molecular flexibility index (Phi) is 5.24. The van der Waals surface area contributed by atoms with E-state index in [2.05, 4.69) is 0 Å². The Labute approximate surface area is 158 Å². The monoisotopic (exact) mass is 375 g/mol. The fourth-order valence-corrected chi connectivity index (χ4v) is 3.95. The van der Waals surface area contributed by atoms with Crippen molar-refractivity contribution in [1.29, 1.82) is 0 Å². The Morgan fingerprint density at radius 1 is 1.11 bits per heavy atom. The van der Waals surface area contributed by atoms with E-state index >= 15 is 0 Å². The molecule has 0 aromatic carbocycles. The van der Waals surface area contributed by atoms with Crippen LogP contribution in [0, 0.1) is 0 Å². The van der Waals surface area contributed by atoms with Crippen molar-refractivity contribution in [2.75, 3.05) is 27.3 Å². The molecule has 1 saturated heterocycles. The van der Waals surface area contributed by atoms with Crippen molar-refractivity contribution in [2.24, 2.45) is 0 Å². The fourth-order valence-electron chi connectivity index (χ4n) is 3.95. The maximum absolute atomic E-state index is 12.4. The number of methoxy groups -OCH3 is 2. The molecule has 3 aliphatic rings. The van der Waals surface area contributed by atoms with Gasteiger partial charge in [0.2, 0.25) is 5.91 Å². The number of allylic oxidation sites excluding steroid dienone is 1. The average molecular weight is 375 g/mol. The van der Waals surface area contributed by atoms with Crippen molar-refractivity contribution in [3.8, 4) is 0 Å². The van der Waals surface area contributed by atoms with Crippen LogP contribution in [0.2, 0.25) is 0 Å². The average Bonchev–Trinajstić information content (AvgIpc) is 3.36. The Hall–Kier alpha value is -2.41. The van der Waals surface area contributed by atoms with Gasteiger partial charge in [0.25, 0.3) is 0 Å². The lowest BCUT2D eigenvalue weighted by Gasteiger charge is -2.22. The van der Waals surface area contributed by atoms with Crippen molar-refractivity contribution in [1.82, 2.24) is 4.90 Å². The summed E-state index contributed by atoms with van der Waals surface area (Å²) in [4.78, 5) is 38.7. The number of amides is 1. The lowest BCUT2D eigenvalue weighted by molar-refractivity contribution is -0.139. The standard InChI is InChI=1S/C20H25NO6/c1-19-10-11-20(27-19,16(18(24)26-3)15(19)17(23)25-2)9-5-4-8-14(22)21-12-6-7-13-21/h5,9-11H,4,6-8,12-13H2,1-3H3/b9-5+/t19-,20+/m1/s1. The number of ether oxygens (including phenoxy) is 3. The Bertz CT molecular complexity index is 746. The summed E-state index contributed by atoms with van der Waals surface area (Å²) in [6.45, 7) is 3.36. The Balaban J connectivity index is 1.79. The normalized spacial score (nSPS) is 29.1. The van der Waals surface area contributed by atoms with Gasteiger partial charge in [-0.2, -0.15) is 0 Å². The van der Waals surface area contributed by atoms with Crippen LogP contribution in [0.5, 0.6) is 0 Å². The van der Waals surface area contributed by atoms with Gasteiger partial charge < -0.3 is 19.1 Å². The van der Waals surface area contributed by atoms with Crippen molar-refractivity contribution in [2.45, 2.75) is 43.8 Å². The Morgan fingerprint density at radius 2 is 1.74 bits per heavy atom. The molecule has 2 atom stereocenters. The van der Waals surface area contributed by atoms with Crippen molar-refractivity contribution >= 4 is 17.8 Å². The predicted molar refractivity (Wildman–Crippen MR) is 96.6 cm³/mol. The molecule has 0 aromatic rings. The van der Waals surface area contributed by atoms with E-state index in [1.807, 2.05) is 11.0 Å². The highest BCUT2D eigenvalue weighted by molar-refractivity contribution is 6.06. The van der Waals surface area contributed by atoms with Crippen LogP contribution >= 0.6 is 0 Å². The van der Waals surface area contributed by atoms with Crippen LogP contribution in [0.15, 0.2) is 35.5 Å². The van der Waals surface area contributed by atoms with Crippen LogP contribution in [0.1, 0.15) is 32.6 Å². The second-order valence-corrected chi connectivity index (χ2v) is 7.10. The SMILES string of the molecule is COC(=O)C1=C(C(=O)OC)[C@]2(/C=C/CCC(=O)N3CCCC3)C=C[C@@]1(C)O2. The van der Waals surface area contributed by atoms with Gasteiger partial charge in [0.15, 0.2) is 0 Å². The van der Waals surface area contributed by atoms with Gasteiger partial charge in [0.05, 0.1) is 25.4 Å². The summed E-state index contributed by atoms with van der Waals surface area (Å²) >= 11 is 0. The van der Waals surface area contributed by atoms with Gasteiger partial charge in [-0.25, -0.2) is 9.59 Å². The molecule has 0 aliphatic carbocycles. The number of carbonyl (C=O) groups excluding carboxylic acids is 3. The molecule has 146 valence electrons. The zero-order valence-electron chi connectivity index (χ0n) is 15.9. The number of fused-ring (bicyclic) bond motifs is 2. The number of carbonyl (C=O) groups is 3. The first-order valence-electron chi connectivity index (χ1n) is 9.15. The maximum atomic E-state index is 12.4. The molecule has 3 aliphatic heterocycles. The molecule has 27 heavy (non-hydrogen) atoms. The number of hydrogen-bond acceptors (Lipinski definition) is 6. The smallest absolute Gasteiger partial charge is 0.338 e. The molecule has 0 unspecified atom stereocenters. The predicted octanol–water partition coefficient (Wildman–Crippen LogP) is 1.69. The molecule has 3 heterocycles. The molecule has 7 heteroatoms. The van der Waals surface area contributed by atoms with E-state index in [1.54, 1.807) is 25.2 Å². The minimum absolute atomic E-state index is 0.129.